The predicted octanol–water partition coefficient (Wildman–Crippen LogP) is 4.76. The van der Waals surface area contributed by atoms with Crippen LogP contribution in [0.5, 0.6) is 0 Å². The van der Waals surface area contributed by atoms with Crippen molar-refractivity contribution in [1.29, 1.82) is 0 Å². The number of thiophene rings is 1. The Morgan fingerprint density at radius 2 is 2.06 bits per heavy atom. The Morgan fingerprint density at radius 3 is 2.78 bits per heavy atom. The van der Waals surface area contributed by atoms with Gasteiger partial charge >= 0.3 is 0 Å². The van der Waals surface area contributed by atoms with Crippen LogP contribution in [0.3, 0.4) is 0 Å². The van der Waals surface area contributed by atoms with Crippen molar-refractivity contribution in [3.63, 3.8) is 0 Å². The van der Waals surface area contributed by atoms with Gasteiger partial charge in [0.15, 0.2) is 0 Å². The zero-order valence-electron chi connectivity index (χ0n) is 10.6. The summed E-state index contributed by atoms with van der Waals surface area (Å²) >= 11 is 7.76. The van der Waals surface area contributed by atoms with Gasteiger partial charge in [-0.05, 0) is 54.2 Å². The van der Waals surface area contributed by atoms with E-state index >= 15 is 0 Å². The lowest BCUT2D eigenvalue weighted by atomic mass is 10.1. The molecule has 0 atom stereocenters. The molecule has 1 aromatic heterocycles. The molecule has 0 saturated carbocycles. The SMILES string of the molecule is C[Si](C)OCc1cc(Cc2cccc(Cl)c2)cs1. The van der Waals surface area contributed by atoms with Gasteiger partial charge in [-0.2, -0.15) is 0 Å². The van der Waals surface area contributed by atoms with Crippen molar-refractivity contribution in [1.82, 2.24) is 0 Å². The van der Waals surface area contributed by atoms with Crippen LogP contribution in [0.2, 0.25) is 18.1 Å². The van der Waals surface area contributed by atoms with Crippen molar-refractivity contribution < 1.29 is 4.43 Å². The summed E-state index contributed by atoms with van der Waals surface area (Å²) in [5.41, 5.74) is 2.59. The largest absolute Gasteiger partial charge is 0.412 e. The van der Waals surface area contributed by atoms with Crippen LogP contribution in [-0.4, -0.2) is 9.04 Å². The highest BCUT2D eigenvalue weighted by atomic mass is 35.5. The van der Waals surface area contributed by atoms with Crippen LogP contribution < -0.4 is 0 Å². The van der Waals surface area contributed by atoms with E-state index in [0.717, 1.165) is 18.1 Å². The standard InChI is InChI=1S/C14H16ClOSSi/c1-18(2)16-9-14-8-12(10-17-14)6-11-4-3-5-13(15)7-11/h3-5,7-8,10H,6,9H2,1-2H3. The van der Waals surface area contributed by atoms with E-state index in [0.29, 0.717) is 0 Å². The van der Waals surface area contributed by atoms with E-state index in [-0.39, 0.29) is 0 Å². The van der Waals surface area contributed by atoms with Crippen molar-refractivity contribution >= 4 is 32.0 Å². The van der Waals surface area contributed by atoms with Crippen LogP contribution in [0.4, 0.5) is 0 Å². The number of hydrogen-bond donors (Lipinski definition) is 0. The molecule has 0 saturated heterocycles. The monoisotopic (exact) mass is 295 g/mol. The Labute approximate surface area is 119 Å². The average Bonchev–Trinajstić information content (AvgIpc) is 2.74. The Hall–Kier alpha value is -0.613. The molecule has 0 bridgehead atoms. The molecule has 95 valence electrons. The highest BCUT2D eigenvalue weighted by molar-refractivity contribution is 7.10. The average molecular weight is 296 g/mol. The van der Waals surface area contributed by atoms with E-state index in [2.05, 4.69) is 30.6 Å². The summed E-state index contributed by atoms with van der Waals surface area (Å²) in [4.78, 5) is 1.30. The minimum atomic E-state index is -0.598. The summed E-state index contributed by atoms with van der Waals surface area (Å²) in [6.07, 6.45) is 0.938. The molecule has 0 amide bonds. The normalized spacial score (nSPS) is 11.1. The number of hydrogen-bond acceptors (Lipinski definition) is 2. The molecule has 2 aromatic rings. The van der Waals surface area contributed by atoms with Crippen LogP contribution in [-0.2, 0) is 17.5 Å². The van der Waals surface area contributed by atoms with Crippen molar-refractivity contribution in [3.05, 3.63) is 56.7 Å². The molecule has 4 heteroatoms. The molecule has 0 aliphatic heterocycles. The van der Waals surface area contributed by atoms with Crippen LogP contribution in [0.15, 0.2) is 35.7 Å². The third kappa shape index (κ3) is 4.25. The molecule has 0 spiro atoms. The Kier molecular flexibility index (Phi) is 5.01. The van der Waals surface area contributed by atoms with E-state index < -0.39 is 9.04 Å². The Balaban J connectivity index is 1.98. The summed E-state index contributed by atoms with van der Waals surface area (Å²) in [5, 5.41) is 3.01. The molecule has 0 aliphatic carbocycles. The lowest BCUT2D eigenvalue weighted by Crippen LogP contribution is -2.06. The second-order valence-electron chi connectivity index (χ2n) is 4.42. The first-order valence-corrected chi connectivity index (χ1v) is 9.54. The topological polar surface area (TPSA) is 9.23 Å². The zero-order valence-corrected chi connectivity index (χ0v) is 13.1. The smallest absolute Gasteiger partial charge is 0.205 e. The third-order valence-corrected chi connectivity index (χ3v) is 4.42. The molecule has 18 heavy (non-hydrogen) atoms. The van der Waals surface area contributed by atoms with Crippen molar-refractivity contribution in [3.8, 4) is 0 Å². The van der Waals surface area contributed by atoms with Crippen LogP contribution in [0, 0.1) is 0 Å². The summed E-state index contributed by atoms with van der Waals surface area (Å²) < 4.78 is 5.70. The second kappa shape index (κ2) is 6.52. The lowest BCUT2D eigenvalue weighted by molar-refractivity contribution is 0.318. The molecular weight excluding hydrogens is 280 g/mol. The second-order valence-corrected chi connectivity index (χ2v) is 7.96. The molecule has 2 rings (SSSR count). The quantitative estimate of drug-likeness (QED) is 0.723. The lowest BCUT2D eigenvalue weighted by Gasteiger charge is -2.03. The molecule has 0 N–H and O–H groups in total. The van der Waals surface area contributed by atoms with Crippen LogP contribution >= 0.6 is 22.9 Å². The summed E-state index contributed by atoms with van der Waals surface area (Å²) in [6.45, 7) is 5.07. The van der Waals surface area contributed by atoms with Gasteiger partial charge in [0.1, 0.15) is 0 Å². The summed E-state index contributed by atoms with van der Waals surface area (Å²) in [5.74, 6) is 0. The molecule has 1 nitrogen and oxygen atoms in total. The van der Waals surface area contributed by atoms with Crippen molar-refractivity contribution in [2.75, 3.05) is 0 Å². The maximum Gasteiger partial charge on any atom is 0.205 e. The fourth-order valence-electron chi connectivity index (χ4n) is 1.69. The van der Waals surface area contributed by atoms with Gasteiger partial charge in [-0.25, -0.2) is 0 Å². The van der Waals surface area contributed by atoms with Gasteiger partial charge < -0.3 is 4.43 Å². The molecule has 1 radical (unpaired) electrons. The fourth-order valence-corrected chi connectivity index (χ4v) is 3.25. The molecule has 0 fully saturated rings. The fraction of sp³-hybridized carbons (Fsp3) is 0.286. The van der Waals surface area contributed by atoms with E-state index in [1.54, 1.807) is 11.3 Å². The number of rotatable bonds is 5. The highest BCUT2D eigenvalue weighted by Gasteiger charge is 2.04. The Bertz CT molecular complexity index is 510. The number of halogens is 1. The van der Waals surface area contributed by atoms with E-state index in [1.165, 1.54) is 16.0 Å². The first kappa shape index (κ1) is 13.8. The van der Waals surface area contributed by atoms with Gasteiger partial charge in [-0.3, -0.25) is 0 Å². The van der Waals surface area contributed by atoms with Crippen LogP contribution in [0.25, 0.3) is 0 Å². The predicted molar refractivity (Wildman–Crippen MR) is 80.8 cm³/mol. The maximum absolute atomic E-state index is 5.99. The van der Waals surface area contributed by atoms with Gasteiger partial charge in [-0.15, -0.1) is 11.3 Å². The first-order chi connectivity index (χ1) is 8.63. The van der Waals surface area contributed by atoms with E-state index in [9.17, 15) is 0 Å². The van der Waals surface area contributed by atoms with Crippen molar-refractivity contribution in [2.24, 2.45) is 0 Å². The van der Waals surface area contributed by atoms with Gasteiger partial charge in [-0.1, -0.05) is 23.7 Å². The summed E-state index contributed by atoms with van der Waals surface area (Å²) in [7, 11) is -0.598. The minimum absolute atomic E-state index is 0.598. The van der Waals surface area contributed by atoms with Crippen LogP contribution in [0.1, 0.15) is 16.0 Å². The number of benzene rings is 1. The van der Waals surface area contributed by atoms with E-state index in [1.807, 2.05) is 18.2 Å². The maximum atomic E-state index is 5.99. The van der Waals surface area contributed by atoms with Crippen molar-refractivity contribution in [2.45, 2.75) is 26.1 Å². The zero-order chi connectivity index (χ0) is 13.0. The third-order valence-electron chi connectivity index (χ3n) is 2.51. The Morgan fingerprint density at radius 1 is 1.22 bits per heavy atom. The minimum Gasteiger partial charge on any atom is -0.412 e. The molecule has 0 unspecified atom stereocenters. The molecule has 1 aromatic carbocycles. The molecule has 1 heterocycles. The van der Waals surface area contributed by atoms with Gasteiger partial charge in [0.05, 0.1) is 6.61 Å². The summed E-state index contributed by atoms with van der Waals surface area (Å²) in [6, 6.07) is 10.3. The molecular formula is C14H16ClOSSi. The van der Waals surface area contributed by atoms with Gasteiger partial charge in [0, 0.05) is 9.90 Å². The molecule has 0 aliphatic rings. The first-order valence-electron chi connectivity index (χ1n) is 5.87. The highest BCUT2D eigenvalue weighted by Crippen LogP contribution is 2.20. The van der Waals surface area contributed by atoms with Gasteiger partial charge in [0.25, 0.3) is 0 Å². The van der Waals surface area contributed by atoms with E-state index in [4.69, 9.17) is 16.0 Å². The van der Waals surface area contributed by atoms with Gasteiger partial charge in [0.2, 0.25) is 9.04 Å².